The number of halogens is 2. The van der Waals surface area contributed by atoms with Crippen molar-refractivity contribution in [2.45, 2.75) is 6.61 Å². The number of amidine groups is 1. The number of rotatable bonds is 4. The van der Waals surface area contributed by atoms with Crippen molar-refractivity contribution in [3.8, 4) is 11.5 Å². The van der Waals surface area contributed by atoms with Crippen LogP contribution in [-0.4, -0.2) is 24.8 Å². The van der Waals surface area contributed by atoms with Gasteiger partial charge in [0.2, 0.25) is 0 Å². The molecule has 0 unspecified atom stereocenters. The molecule has 0 aliphatic rings. The number of hydrogen-bond acceptors (Lipinski definition) is 4. The average molecular weight is 232 g/mol. The first-order chi connectivity index (χ1) is 7.58. The number of oxime groups is 1. The Kier molecular flexibility index (Phi) is 3.87. The molecule has 7 heteroatoms. The summed E-state index contributed by atoms with van der Waals surface area (Å²) in [5.74, 6) is -0.252. The van der Waals surface area contributed by atoms with E-state index in [1.165, 1.54) is 25.3 Å². The van der Waals surface area contributed by atoms with E-state index in [9.17, 15) is 8.78 Å². The van der Waals surface area contributed by atoms with Crippen LogP contribution in [0, 0.1) is 0 Å². The molecular weight excluding hydrogens is 222 g/mol. The highest BCUT2D eigenvalue weighted by molar-refractivity contribution is 5.97. The van der Waals surface area contributed by atoms with E-state index in [1.807, 2.05) is 0 Å². The number of nitrogens with zero attached hydrogens (tertiary/aromatic N) is 1. The quantitative estimate of drug-likeness (QED) is 0.356. The Morgan fingerprint density at radius 1 is 1.44 bits per heavy atom. The molecule has 1 aromatic rings. The third kappa shape index (κ3) is 2.72. The molecule has 3 N–H and O–H groups in total. The topological polar surface area (TPSA) is 77.1 Å². The van der Waals surface area contributed by atoms with Gasteiger partial charge >= 0.3 is 6.61 Å². The van der Waals surface area contributed by atoms with Crippen molar-refractivity contribution in [1.82, 2.24) is 0 Å². The molecule has 0 heterocycles. The predicted octanol–water partition coefficient (Wildman–Crippen LogP) is 1.39. The predicted molar refractivity (Wildman–Crippen MR) is 52.1 cm³/mol. The minimum absolute atomic E-state index is 0.134. The molecule has 16 heavy (non-hydrogen) atoms. The monoisotopic (exact) mass is 232 g/mol. The molecular formula is C9H10F2N2O3. The van der Waals surface area contributed by atoms with Crippen LogP contribution in [-0.2, 0) is 0 Å². The summed E-state index contributed by atoms with van der Waals surface area (Å²) in [4.78, 5) is 0. The van der Waals surface area contributed by atoms with E-state index in [-0.39, 0.29) is 22.9 Å². The van der Waals surface area contributed by atoms with E-state index in [4.69, 9.17) is 15.7 Å². The van der Waals surface area contributed by atoms with Crippen molar-refractivity contribution in [2.75, 3.05) is 7.11 Å². The van der Waals surface area contributed by atoms with Gasteiger partial charge in [-0.05, 0) is 18.2 Å². The second-order valence-corrected chi connectivity index (χ2v) is 2.73. The fraction of sp³-hybridized carbons (Fsp3) is 0.222. The lowest BCUT2D eigenvalue weighted by molar-refractivity contribution is -0.0512. The Balaban J connectivity index is 3.10. The molecule has 0 saturated heterocycles. The maximum atomic E-state index is 12.1. The fourth-order valence-electron chi connectivity index (χ4n) is 1.08. The van der Waals surface area contributed by atoms with Gasteiger partial charge in [-0.2, -0.15) is 8.78 Å². The van der Waals surface area contributed by atoms with Gasteiger partial charge in [-0.15, -0.1) is 0 Å². The molecule has 0 saturated carbocycles. The van der Waals surface area contributed by atoms with Gasteiger partial charge in [0.05, 0.1) is 7.11 Å². The minimum Gasteiger partial charge on any atom is -0.493 e. The zero-order valence-corrected chi connectivity index (χ0v) is 8.35. The van der Waals surface area contributed by atoms with Gasteiger partial charge in [0.25, 0.3) is 0 Å². The van der Waals surface area contributed by atoms with Crippen molar-refractivity contribution < 1.29 is 23.5 Å². The van der Waals surface area contributed by atoms with Crippen molar-refractivity contribution in [3.63, 3.8) is 0 Å². The van der Waals surface area contributed by atoms with Crippen LogP contribution in [0.25, 0.3) is 0 Å². The summed E-state index contributed by atoms with van der Waals surface area (Å²) in [6, 6.07) is 4.03. The largest absolute Gasteiger partial charge is 0.493 e. The highest BCUT2D eigenvalue weighted by atomic mass is 19.3. The van der Waals surface area contributed by atoms with Crippen LogP contribution in [0.2, 0.25) is 0 Å². The van der Waals surface area contributed by atoms with Crippen molar-refractivity contribution in [3.05, 3.63) is 23.8 Å². The standard InChI is InChI=1S/C9H10F2N2O3/c1-15-6-3-2-5(8(12)13-14)4-7(6)16-9(10)11/h2-4,9,14H,1H3,(H2,12,13). The molecule has 0 bridgehead atoms. The number of benzene rings is 1. The molecule has 0 aromatic heterocycles. The third-order valence-corrected chi connectivity index (χ3v) is 1.78. The van der Waals surface area contributed by atoms with Gasteiger partial charge in [0.15, 0.2) is 17.3 Å². The highest BCUT2D eigenvalue weighted by Gasteiger charge is 2.12. The van der Waals surface area contributed by atoms with Gasteiger partial charge in [0.1, 0.15) is 0 Å². The van der Waals surface area contributed by atoms with Crippen molar-refractivity contribution in [2.24, 2.45) is 10.9 Å². The van der Waals surface area contributed by atoms with Crippen LogP contribution in [0.4, 0.5) is 8.78 Å². The SMILES string of the molecule is COc1ccc(/C(N)=N/O)cc1OC(F)F. The molecule has 88 valence electrons. The third-order valence-electron chi connectivity index (χ3n) is 1.78. The molecule has 0 fully saturated rings. The van der Waals surface area contributed by atoms with E-state index in [1.54, 1.807) is 0 Å². The van der Waals surface area contributed by atoms with Crippen LogP contribution in [0.3, 0.4) is 0 Å². The van der Waals surface area contributed by atoms with Crippen LogP contribution in [0.5, 0.6) is 11.5 Å². The van der Waals surface area contributed by atoms with Gasteiger partial charge in [-0.3, -0.25) is 0 Å². The number of hydrogen-bond donors (Lipinski definition) is 2. The van der Waals surface area contributed by atoms with E-state index in [0.717, 1.165) is 0 Å². The summed E-state index contributed by atoms with van der Waals surface area (Å²) in [6.07, 6.45) is 0. The second kappa shape index (κ2) is 5.15. The molecule has 0 amide bonds. The maximum absolute atomic E-state index is 12.1. The van der Waals surface area contributed by atoms with Gasteiger partial charge < -0.3 is 20.4 Å². The van der Waals surface area contributed by atoms with Gasteiger partial charge in [-0.1, -0.05) is 5.16 Å². The Morgan fingerprint density at radius 2 is 2.12 bits per heavy atom. The smallest absolute Gasteiger partial charge is 0.387 e. The van der Waals surface area contributed by atoms with E-state index < -0.39 is 6.61 Å². The highest BCUT2D eigenvalue weighted by Crippen LogP contribution is 2.29. The lowest BCUT2D eigenvalue weighted by Crippen LogP contribution is -2.13. The number of ether oxygens (including phenoxy) is 2. The summed E-state index contributed by atoms with van der Waals surface area (Å²) < 4.78 is 33.2. The summed E-state index contributed by atoms with van der Waals surface area (Å²) in [7, 11) is 1.32. The van der Waals surface area contributed by atoms with Gasteiger partial charge in [0, 0.05) is 5.56 Å². The summed E-state index contributed by atoms with van der Waals surface area (Å²) in [5, 5.41) is 11.2. The molecule has 0 radical (unpaired) electrons. The molecule has 0 atom stereocenters. The van der Waals surface area contributed by atoms with E-state index in [0.29, 0.717) is 0 Å². The van der Waals surface area contributed by atoms with Crippen molar-refractivity contribution in [1.29, 1.82) is 0 Å². The van der Waals surface area contributed by atoms with Crippen LogP contribution >= 0.6 is 0 Å². The first-order valence-electron chi connectivity index (χ1n) is 4.19. The normalized spacial score (nSPS) is 11.6. The molecule has 0 aliphatic heterocycles. The summed E-state index contributed by atoms with van der Waals surface area (Å²) >= 11 is 0. The lowest BCUT2D eigenvalue weighted by atomic mass is 10.2. The van der Waals surface area contributed by atoms with Crippen LogP contribution in [0.15, 0.2) is 23.4 Å². The van der Waals surface area contributed by atoms with E-state index in [2.05, 4.69) is 9.89 Å². The number of methoxy groups -OCH3 is 1. The first kappa shape index (κ1) is 12.0. The molecule has 0 spiro atoms. The Bertz CT molecular complexity index is 396. The Labute approximate surface area is 90.1 Å². The molecule has 5 nitrogen and oxygen atoms in total. The van der Waals surface area contributed by atoms with Gasteiger partial charge in [-0.25, -0.2) is 0 Å². The summed E-state index contributed by atoms with van der Waals surface area (Å²) in [5.41, 5.74) is 5.55. The van der Waals surface area contributed by atoms with Crippen molar-refractivity contribution >= 4 is 5.84 Å². The van der Waals surface area contributed by atoms with E-state index >= 15 is 0 Å². The number of nitrogens with two attached hydrogens (primary N) is 1. The fourth-order valence-corrected chi connectivity index (χ4v) is 1.08. The Morgan fingerprint density at radius 3 is 2.62 bits per heavy atom. The molecule has 1 rings (SSSR count). The second-order valence-electron chi connectivity index (χ2n) is 2.73. The zero-order valence-electron chi connectivity index (χ0n) is 8.35. The zero-order chi connectivity index (χ0) is 12.1. The summed E-state index contributed by atoms with van der Waals surface area (Å²) in [6.45, 7) is -2.98. The first-order valence-corrected chi connectivity index (χ1v) is 4.19. The maximum Gasteiger partial charge on any atom is 0.387 e. The Hall–Kier alpha value is -2.05. The average Bonchev–Trinajstić information content (AvgIpc) is 2.27. The lowest BCUT2D eigenvalue weighted by Gasteiger charge is -2.10. The minimum atomic E-state index is -2.98. The molecule has 1 aromatic carbocycles. The number of alkyl halides is 2. The van der Waals surface area contributed by atoms with Crippen LogP contribution < -0.4 is 15.2 Å². The molecule has 0 aliphatic carbocycles. The van der Waals surface area contributed by atoms with Crippen LogP contribution in [0.1, 0.15) is 5.56 Å².